The lowest BCUT2D eigenvalue weighted by molar-refractivity contribution is 0.0599. The molecule has 0 atom stereocenters. The van der Waals surface area contributed by atoms with Crippen molar-refractivity contribution in [3.63, 3.8) is 0 Å². The molecule has 136 valence electrons. The maximum absolute atomic E-state index is 11.6. The number of benzene rings is 1. The zero-order chi connectivity index (χ0) is 18.5. The van der Waals surface area contributed by atoms with Crippen molar-refractivity contribution in [2.75, 3.05) is 7.11 Å². The first-order valence-corrected chi connectivity index (χ1v) is 8.86. The van der Waals surface area contributed by atoms with E-state index in [1.54, 1.807) is 13.0 Å². The Kier molecular flexibility index (Phi) is 5.62. The first-order valence-electron chi connectivity index (χ1n) is 7.87. The van der Waals surface area contributed by atoms with E-state index in [9.17, 15) is 4.79 Å². The molecule has 0 bridgehead atoms. The molecule has 7 nitrogen and oxygen atoms in total. The maximum atomic E-state index is 11.6. The van der Waals surface area contributed by atoms with E-state index in [4.69, 9.17) is 18.3 Å². The van der Waals surface area contributed by atoms with Crippen LogP contribution >= 0.6 is 11.8 Å². The largest absolute Gasteiger partial charge is 0.484 e. The van der Waals surface area contributed by atoms with Crippen LogP contribution in [0, 0.1) is 13.8 Å². The Morgan fingerprint density at radius 3 is 2.81 bits per heavy atom. The molecule has 0 N–H and O–H groups in total. The van der Waals surface area contributed by atoms with Crippen LogP contribution in [0.1, 0.15) is 33.3 Å². The molecule has 0 aliphatic heterocycles. The summed E-state index contributed by atoms with van der Waals surface area (Å²) >= 11 is 1.32. The van der Waals surface area contributed by atoms with Crippen LogP contribution < -0.4 is 4.74 Å². The number of hydrogen-bond acceptors (Lipinski definition) is 8. The van der Waals surface area contributed by atoms with Crippen molar-refractivity contribution in [3.8, 4) is 5.75 Å². The number of furan rings is 1. The van der Waals surface area contributed by atoms with E-state index in [-0.39, 0.29) is 6.61 Å². The quantitative estimate of drug-likeness (QED) is 0.454. The summed E-state index contributed by atoms with van der Waals surface area (Å²) in [4.78, 5) is 11.6. The van der Waals surface area contributed by atoms with Crippen LogP contribution in [-0.2, 0) is 17.1 Å². The van der Waals surface area contributed by atoms with Crippen LogP contribution in [0.5, 0.6) is 5.75 Å². The van der Waals surface area contributed by atoms with Crippen molar-refractivity contribution in [3.05, 3.63) is 58.9 Å². The van der Waals surface area contributed by atoms with Crippen molar-refractivity contribution in [2.24, 2.45) is 0 Å². The van der Waals surface area contributed by atoms with Crippen LogP contribution in [0.4, 0.5) is 0 Å². The molecule has 0 aliphatic rings. The van der Waals surface area contributed by atoms with Crippen molar-refractivity contribution >= 4 is 17.7 Å². The number of methoxy groups -OCH3 is 1. The SMILES string of the molecule is COC(=O)c1cc(CSc2nnc(COc3cccc(C)c3)o2)oc1C. The molecule has 0 radical (unpaired) electrons. The number of ether oxygens (including phenoxy) is 2. The molecule has 0 fully saturated rings. The van der Waals surface area contributed by atoms with Gasteiger partial charge in [0, 0.05) is 0 Å². The van der Waals surface area contributed by atoms with Gasteiger partial charge in [0.05, 0.1) is 12.9 Å². The molecular weight excluding hydrogens is 356 g/mol. The summed E-state index contributed by atoms with van der Waals surface area (Å²) in [5.41, 5.74) is 1.53. The summed E-state index contributed by atoms with van der Waals surface area (Å²) in [7, 11) is 1.34. The van der Waals surface area contributed by atoms with Crippen molar-refractivity contribution < 1.29 is 23.1 Å². The number of carbonyl (C=O) groups excluding carboxylic acids is 1. The van der Waals surface area contributed by atoms with Gasteiger partial charge in [0.1, 0.15) is 22.8 Å². The molecule has 0 aliphatic carbocycles. The second-order valence-corrected chi connectivity index (χ2v) is 6.46. The molecule has 26 heavy (non-hydrogen) atoms. The molecule has 2 aromatic heterocycles. The van der Waals surface area contributed by atoms with Gasteiger partial charge < -0.3 is 18.3 Å². The molecule has 8 heteroatoms. The predicted molar refractivity (Wildman–Crippen MR) is 94.2 cm³/mol. The van der Waals surface area contributed by atoms with E-state index in [2.05, 4.69) is 10.2 Å². The van der Waals surface area contributed by atoms with Crippen LogP contribution in [0.15, 0.2) is 44.4 Å². The monoisotopic (exact) mass is 374 g/mol. The third kappa shape index (κ3) is 4.45. The Morgan fingerprint density at radius 1 is 1.19 bits per heavy atom. The van der Waals surface area contributed by atoms with Gasteiger partial charge in [-0.1, -0.05) is 23.9 Å². The number of carbonyl (C=O) groups is 1. The highest BCUT2D eigenvalue weighted by molar-refractivity contribution is 7.98. The lowest BCUT2D eigenvalue weighted by atomic mass is 10.2. The first-order chi connectivity index (χ1) is 12.5. The highest BCUT2D eigenvalue weighted by Gasteiger charge is 2.16. The van der Waals surface area contributed by atoms with E-state index in [1.165, 1.54) is 18.9 Å². The summed E-state index contributed by atoms with van der Waals surface area (Å²) in [6, 6.07) is 9.39. The fraction of sp³-hybridized carbons (Fsp3) is 0.278. The number of nitrogens with zero attached hydrogens (tertiary/aromatic N) is 2. The molecule has 0 saturated carbocycles. The van der Waals surface area contributed by atoms with Crippen LogP contribution in [-0.4, -0.2) is 23.3 Å². The minimum atomic E-state index is -0.420. The second-order valence-electron chi connectivity index (χ2n) is 5.53. The summed E-state index contributed by atoms with van der Waals surface area (Å²) in [5, 5.41) is 8.34. The van der Waals surface area contributed by atoms with Gasteiger partial charge in [0.15, 0.2) is 6.61 Å². The van der Waals surface area contributed by atoms with Crippen molar-refractivity contribution in [1.29, 1.82) is 0 Å². The van der Waals surface area contributed by atoms with E-state index in [0.717, 1.165) is 11.3 Å². The summed E-state index contributed by atoms with van der Waals surface area (Å²) in [6.07, 6.45) is 0. The van der Waals surface area contributed by atoms with E-state index in [0.29, 0.717) is 34.0 Å². The number of thioether (sulfide) groups is 1. The van der Waals surface area contributed by atoms with Gasteiger partial charge in [0.25, 0.3) is 11.1 Å². The van der Waals surface area contributed by atoms with Gasteiger partial charge >= 0.3 is 5.97 Å². The predicted octanol–water partition coefficient (Wildman–Crippen LogP) is 3.94. The van der Waals surface area contributed by atoms with Gasteiger partial charge in [0.2, 0.25) is 0 Å². The minimum absolute atomic E-state index is 0.198. The molecule has 2 heterocycles. The number of aromatic nitrogens is 2. The van der Waals surface area contributed by atoms with Crippen molar-refractivity contribution in [1.82, 2.24) is 10.2 Å². The average molecular weight is 374 g/mol. The topological polar surface area (TPSA) is 87.6 Å². The lowest BCUT2D eigenvalue weighted by Gasteiger charge is -2.03. The summed E-state index contributed by atoms with van der Waals surface area (Å²) in [5.74, 6) is 2.32. The molecule has 1 aromatic carbocycles. The molecule has 0 spiro atoms. The van der Waals surface area contributed by atoms with Gasteiger partial charge in [-0.15, -0.1) is 10.2 Å². The van der Waals surface area contributed by atoms with Crippen LogP contribution in [0.3, 0.4) is 0 Å². The van der Waals surface area contributed by atoms with Gasteiger partial charge in [-0.05, 0) is 37.6 Å². The molecule has 3 rings (SSSR count). The highest BCUT2D eigenvalue weighted by Crippen LogP contribution is 2.25. The maximum Gasteiger partial charge on any atom is 0.341 e. The van der Waals surface area contributed by atoms with Crippen LogP contribution in [0.2, 0.25) is 0 Å². The van der Waals surface area contributed by atoms with Gasteiger partial charge in [-0.2, -0.15) is 0 Å². The van der Waals surface area contributed by atoms with E-state index in [1.807, 2.05) is 31.2 Å². The number of rotatable bonds is 7. The molecule has 3 aromatic rings. The third-order valence-corrected chi connectivity index (χ3v) is 4.35. The molecule has 0 saturated heterocycles. The molecular formula is C18H18N2O5S. The minimum Gasteiger partial charge on any atom is -0.484 e. The number of aryl methyl sites for hydroxylation is 2. The Morgan fingerprint density at radius 2 is 2.04 bits per heavy atom. The van der Waals surface area contributed by atoms with E-state index >= 15 is 0 Å². The number of hydrogen-bond donors (Lipinski definition) is 0. The Hall–Kier alpha value is -2.74. The smallest absolute Gasteiger partial charge is 0.341 e. The van der Waals surface area contributed by atoms with Crippen molar-refractivity contribution in [2.45, 2.75) is 31.4 Å². The zero-order valence-corrected chi connectivity index (χ0v) is 15.5. The Balaban J connectivity index is 1.54. The molecule has 0 amide bonds. The Bertz CT molecular complexity index is 903. The summed E-state index contributed by atoms with van der Waals surface area (Å²) in [6.45, 7) is 3.91. The van der Waals surface area contributed by atoms with E-state index < -0.39 is 5.97 Å². The fourth-order valence-corrected chi connectivity index (χ4v) is 2.93. The van der Waals surface area contributed by atoms with Gasteiger partial charge in [-0.25, -0.2) is 4.79 Å². The normalized spacial score (nSPS) is 10.7. The fourth-order valence-electron chi connectivity index (χ4n) is 2.27. The average Bonchev–Trinajstić information content (AvgIpc) is 3.24. The first kappa shape index (κ1) is 18.1. The highest BCUT2D eigenvalue weighted by atomic mass is 32.2. The summed E-state index contributed by atoms with van der Waals surface area (Å²) < 4.78 is 21.4. The Labute approximate surface area is 154 Å². The standard InChI is InChI=1S/C18H18N2O5S/c1-11-5-4-6-13(7-11)23-9-16-19-20-18(25-16)26-10-14-8-15(12(2)24-14)17(21)22-3/h4-8H,9-10H2,1-3H3. The van der Waals surface area contributed by atoms with Gasteiger partial charge in [-0.3, -0.25) is 0 Å². The lowest BCUT2D eigenvalue weighted by Crippen LogP contribution is -2.00. The second kappa shape index (κ2) is 8.09. The van der Waals surface area contributed by atoms with Crippen LogP contribution in [0.25, 0.3) is 0 Å². The third-order valence-electron chi connectivity index (χ3n) is 3.51. The molecule has 0 unspecified atom stereocenters. The number of esters is 1. The zero-order valence-electron chi connectivity index (χ0n) is 14.6.